The molecule has 0 radical (unpaired) electrons. The van der Waals surface area contributed by atoms with Crippen molar-refractivity contribution in [2.24, 2.45) is 5.73 Å². The van der Waals surface area contributed by atoms with Gasteiger partial charge in [0.2, 0.25) is 23.6 Å². The number of aliphatic hydroxyl groups excluding tert-OH is 1. The summed E-state index contributed by atoms with van der Waals surface area (Å²) in [4.78, 5) is 49.9. The van der Waals surface area contributed by atoms with Crippen LogP contribution in [0, 0.1) is 0 Å². The van der Waals surface area contributed by atoms with E-state index in [1.54, 1.807) is 0 Å². The molecule has 0 aliphatic carbocycles. The van der Waals surface area contributed by atoms with Crippen LogP contribution in [0.5, 0.6) is 0 Å². The molecule has 0 aromatic rings. The highest BCUT2D eigenvalue weighted by atomic mass is 16.3. The molecule has 3 atom stereocenters. The molecule has 2 heterocycles. The fourth-order valence-electron chi connectivity index (χ4n) is 3.14. The maximum atomic E-state index is 12.7. The first-order valence-electron chi connectivity index (χ1n) is 7.63. The quantitative estimate of drug-likeness (QED) is 0.528. The molecule has 0 saturated carbocycles. The van der Waals surface area contributed by atoms with E-state index in [0.717, 1.165) is 0 Å². The lowest BCUT2D eigenvalue weighted by Crippen LogP contribution is -2.53. The summed E-state index contributed by atoms with van der Waals surface area (Å²) >= 11 is 0. The van der Waals surface area contributed by atoms with Gasteiger partial charge in [-0.3, -0.25) is 19.2 Å². The SMILES string of the molecule is CC(=O)NCC(=O)N1CCC[C@H]1C(=O)N1C[C@H](O)C[C@H]1C(N)=O. The molecule has 2 aliphatic heterocycles. The lowest BCUT2D eigenvalue weighted by molar-refractivity contribution is -0.146. The summed E-state index contributed by atoms with van der Waals surface area (Å²) in [6.07, 6.45) is 0.484. The number of hydrogen-bond acceptors (Lipinski definition) is 5. The minimum Gasteiger partial charge on any atom is -0.391 e. The van der Waals surface area contributed by atoms with Crippen LogP contribution in [0.2, 0.25) is 0 Å². The molecule has 23 heavy (non-hydrogen) atoms. The Bertz CT molecular complexity index is 523. The molecular weight excluding hydrogens is 304 g/mol. The van der Waals surface area contributed by atoms with Crippen molar-refractivity contribution in [2.75, 3.05) is 19.6 Å². The van der Waals surface area contributed by atoms with Crippen LogP contribution in [0.15, 0.2) is 0 Å². The molecular formula is C14H22N4O5. The van der Waals surface area contributed by atoms with Gasteiger partial charge in [-0.25, -0.2) is 0 Å². The van der Waals surface area contributed by atoms with E-state index in [2.05, 4.69) is 5.32 Å². The van der Waals surface area contributed by atoms with E-state index >= 15 is 0 Å². The van der Waals surface area contributed by atoms with E-state index in [1.807, 2.05) is 0 Å². The first-order valence-corrected chi connectivity index (χ1v) is 7.63. The zero-order valence-corrected chi connectivity index (χ0v) is 13.0. The Morgan fingerprint density at radius 1 is 1.22 bits per heavy atom. The first-order chi connectivity index (χ1) is 10.8. The molecule has 0 bridgehead atoms. The van der Waals surface area contributed by atoms with Gasteiger partial charge in [-0.05, 0) is 12.8 Å². The van der Waals surface area contributed by atoms with E-state index in [0.29, 0.717) is 19.4 Å². The fraction of sp³-hybridized carbons (Fsp3) is 0.714. The van der Waals surface area contributed by atoms with E-state index in [1.165, 1.54) is 16.7 Å². The lowest BCUT2D eigenvalue weighted by atomic mass is 10.1. The molecule has 128 valence electrons. The largest absolute Gasteiger partial charge is 0.391 e. The smallest absolute Gasteiger partial charge is 0.246 e. The molecule has 4 N–H and O–H groups in total. The number of aliphatic hydroxyl groups is 1. The van der Waals surface area contributed by atoms with Gasteiger partial charge in [0, 0.05) is 26.4 Å². The van der Waals surface area contributed by atoms with Gasteiger partial charge in [0.25, 0.3) is 0 Å². The minimum absolute atomic E-state index is 0.0384. The Labute approximate surface area is 133 Å². The second-order valence-electron chi connectivity index (χ2n) is 5.95. The summed E-state index contributed by atoms with van der Waals surface area (Å²) < 4.78 is 0. The number of carbonyl (C=O) groups is 4. The van der Waals surface area contributed by atoms with Crippen LogP contribution in [0.1, 0.15) is 26.2 Å². The maximum absolute atomic E-state index is 12.7. The Balaban J connectivity index is 2.06. The molecule has 0 aromatic heterocycles. The van der Waals surface area contributed by atoms with E-state index < -0.39 is 24.1 Å². The van der Waals surface area contributed by atoms with Gasteiger partial charge in [-0.15, -0.1) is 0 Å². The fourth-order valence-corrected chi connectivity index (χ4v) is 3.14. The molecule has 9 heteroatoms. The van der Waals surface area contributed by atoms with Crippen molar-refractivity contribution in [1.82, 2.24) is 15.1 Å². The highest BCUT2D eigenvalue weighted by Crippen LogP contribution is 2.25. The predicted octanol–water partition coefficient (Wildman–Crippen LogP) is -2.44. The maximum Gasteiger partial charge on any atom is 0.246 e. The number of β-amino-alcohol motifs (C(OH)–C–C–N with tert-alkyl or cyclic N) is 1. The van der Waals surface area contributed by atoms with Gasteiger partial charge < -0.3 is 26.0 Å². The third kappa shape index (κ3) is 3.79. The van der Waals surface area contributed by atoms with Crippen LogP contribution >= 0.6 is 0 Å². The second-order valence-corrected chi connectivity index (χ2v) is 5.95. The second kappa shape index (κ2) is 6.95. The zero-order chi connectivity index (χ0) is 17.1. The molecule has 9 nitrogen and oxygen atoms in total. The highest BCUT2D eigenvalue weighted by molar-refractivity contribution is 5.93. The van der Waals surface area contributed by atoms with Gasteiger partial charge in [-0.1, -0.05) is 0 Å². The summed E-state index contributed by atoms with van der Waals surface area (Å²) in [5.41, 5.74) is 5.29. The number of carbonyl (C=O) groups excluding carboxylic acids is 4. The van der Waals surface area contributed by atoms with Crippen molar-refractivity contribution >= 4 is 23.6 Å². The average Bonchev–Trinajstić information content (AvgIpc) is 3.10. The van der Waals surface area contributed by atoms with Crippen molar-refractivity contribution in [2.45, 2.75) is 44.4 Å². The molecule has 0 aromatic carbocycles. The van der Waals surface area contributed by atoms with Crippen molar-refractivity contribution in [1.29, 1.82) is 0 Å². The van der Waals surface area contributed by atoms with Gasteiger partial charge in [0.1, 0.15) is 12.1 Å². The molecule has 0 unspecified atom stereocenters. The van der Waals surface area contributed by atoms with Crippen LogP contribution in [0.4, 0.5) is 0 Å². The summed E-state index contributed by atoms with van der Waals surface area (Å²) in [6, 6.07) is -1.52. The van der Waals surface area contributed by atoms with E-state index in [9.17, 15) is 24.3 Å². The Hall–Kier alpha value is -2.16. The third-order valence-electron chi connectivity index (χ3n) is 4.24. The highest BCUT2D eigenvalue weighted by Gasteiger charge is 2.43. The number of amides is 4. The molecule has 2 aliphatic rings. The number of rotatable bonds is 4. The van der Waals surface area contributed by atoms with E-state index in [-0.39, 0.29) is 37.2 Å². The number of nitrogens with zero attached hydrogens (tertiary/aromatic N) is 2. The number of nitrogens with two attached hydrogens (primary N) is 1. The Morgan fingerprint density at radius 3 is 2.52 bits per heavy atom. The summed E-state index contributed by atoms with van der Waals surface area (Å²) in [5, 5.41) is 12.1. The first kappa shape index (κ1) is 17.2. The standard InChI is InChI=1S/C14H22N4O5/c1-8(19)16-6-12(21)17-4-2-3-10(17)14(23)18-7-9(20)5-11(18)13(15)22/h9-11,20H,2-7H2,1H3,(H2,15,22)(H,16,19)/t9-,10+,11+/m1/s1. The normalized spacial score (nSPS) is 27.1. The van der Waals surface area contributed by atoms with Crippen molar-refractivity contribution in [3.8, 4) is 0 Å². The zero-order valence-electron chi connectivity index (χ0n) is 13.0. The van der Waals surface area contributed by atoms with Crippen LogP contribution < -0.4 is 11.1 Å². The van der Waals surface area contributed by atoms with Gasteiger partial charge in [0.15, 0.2) is 0 Å². The van der Waals surface area contributed by atoms with Crippen LogP contribution in [0.3, 0.4) is 0 Å². The number of nitrogens with one attached hydrogen (secondary N) is 1. The summed E-state index contributed by atoms with van der Waals surface area (Å²) in [6.45, 7) is 1.60. The Morgan fingerprint density at radius 2 is 1.91 bits per heavy atom. The molecule has 2 rings (SSSR count). The lowest BCUT2D eigenvalue weighted by Gasteiger charge is -2.30. The van der Waals surface area contributed by atoms with Gasteiger partial charge >= 0.3 is 0 Å². The van der Waals surface area contributed by atoms with Crippen molar-refractivity contribution < 1.29 is 24.3 Å². The molecule has 2 saturated heterocycles. The van der Waals surface area contributed by atoms with E-state index in [4.69, 9.17) is 5.73 Å². The van der Waals surface area contributed by atoms with Crippen LogP contribution in [-0.4, -0.2) is 76.4 Å². The monoisotopic (exact) mass is 326 g/mol. The van der Waals surface area contributed by atoms with Crippen LogP contribution in [-0.2, 0) is 19.2 Å². The molecule has 0 spiro atoms. The van der Waals surface area contributed by atoms with Crippen LogP contribution in [0.25, 0.3) is 0 Å². The summed E-state index contributed by atoms with van der Waals surface area (Å²) in [5.74, 6) is -1.70. The molecule has 2 fully saturated rings. The summed E-state index contributed by atoms with van der Waals surface area (Å²) in [7, 11) is 0. The van der Waals surface area contributed by atoms with Crippen molar-refractivity contribution in [3.63, 3.8) is 0 Å². The number of likely N-dealkylation sites (tertiary alicyclic amines) is 2. The third-order valence-corrected chi connectivity index (χ3v) is 4.24. The predicted molar refractivity (Wildman–Crippen MR) is 78.7 cm³/mol. The minimum atomic E-state index is -0.842. The number of primary amides is 1. The van der Waals surface area contributed by atoms with Gasteiger partial charge in [-0.2, -0.15) is 0 Å². The van der Waals surface area contributed by atoms with Gasteiger partial charge in [0.05, 0.1) is 12.6 Å². The Kier molecular flexibility index (Phi) is 5.19. The number of hydrogen-bond donors (Lipinski definition) is 3. The topological polar surface area (TPSA) is 133 Å². The molecule has 4 amide bonds. The van der Waals surface area contributed by atoms with Crippen molar-refractivity contribution in [3.05, 3.63) is 0 Å². The average molecular weight is 326 g/mol.